The van der Waals surface area contributed by atoms with Crippen LogP contribution in [0.15, 0.2) is 194 Å². The Kier molecular flexibility index (Phi) is 6.62. The molecule has 0 atom stereocenters. The SMILES string of the molecule is c1ccc2c(c1)sc1c2c2ccccc2c2c1c1ccccc1n2-c1ccc(-c2ccc(-n3c4ccccc4c4c5sc6ccccc6c5c5ccccc5c43)cc2)cc1. The van der Waals surface area contributed by atoms with Crippen molar-refractivity contribution in [1.82, 2.24) is 9.13 Å². The molecule has 0 unspecified atom stereocenters. The standard InChI is InChI=1S/C56H32N2S2/c1-3-15-39-37(13-1)49-43-19-7-11-23-47(43)59-55(49)51-41-17-5-9-21-45(41)57(53(39)51)35-29-25-33(26-30-35)34-27-31-36(32-28-34)58-46-22-10-6-18-42(46)52-54(58)40-16-4-2-14-38(40)50-44-20-8-12-24-48(44)60-56(50)52/h1-32H. The number of rotatable bonds is 3. The Morgan fingerprint density at radius 1 is 0.267 bits per heavy atom. The van der Waals surface area contributed by atoms with Gasteiger partial charge in [0.25, 0.3) is 0 Å². The number of hydrogen-bond acceptors (Lipinski definition) is 2. The van der Waals surface area contributed by atoms with Gasteiger partial charge in [-0.3, -0.25) is 0 Å². The summed E-state index contributed by atoms with van der Waals surface area (Å²) in [6.07, 6.45) is 0. The number of benzene rings is 10. The highest BCUT2D eigenvalue weighted by Gasteiger charge is 2.23. The fourth-order valence-electron chi connectivity index (χ4n) is 10.4. The molecule has 0 radical (unpaired) electrons. The van der Waals surface area contributed by atoms with Gasteiger partial charge in [-0.1, -0.05) is 146 Å². The zero-order valence-electron chi connectivity index (χ0n) is 32.2. The number of nitrogens with zero attached hydrogens (tertiary/aromatic N) is 2. The van der Waals surface area contributed by atoms with Gasteiger partial charge in [0.1, 0.15) is 0 Å². The van der Waals surface area contributed by atoms with Crippen LogP contribution in [0.25, 0.3) is 128 Å². The third-order valence-electron chi connectivity index (χ3n) is 12.9. The van der Waals surface area contributed by atoms with Crippen LogP contribution in [0.2, 0.25) is 0 Å². The van der Waals surface area contributed by atoms with Crippen molar-refractivity contribution >= 4 is 128 Å². The van der Waals surface area contributed by atoms with Gasteiger partial charge in [-0.05, 0) is 70.4 Å². The lowest BCUT2D eigenvalue weighted by atomic mass is 9.99. The first kappa shape index (κ1) is 32.7. The molecule has 0 fully saturated rings. The van der Waals surface area contributed by atoms with E-state index in [0.717, 1.165) is 11.4 Å². The van der Waals surface area contributed by atoms with Crippen LogP contribution < -0.4 is 0 Å². The predicted octanol–water partition coefficient (Wildman–Crippen LogP) is 16.6. The van der Waals surface area contributed by atoms with Gasteiger partial charge in [0.2, 0.25) is 0 Å². The number of aromatic nitrogens is 2. The first-order chi connectivity index (χ1) is 29.8. The molecule has 60 heavy (non-hydrogen) atoms. The summed E-state index contributed by atoms with van der Waals surface area (Å²) in [5.41, 5.74) is 9.72. The average molecular weight is 797 g/mol. The van der Waals surface area contributed by atoms with Gasteiger partial charge < -0.3 is 9.13 Å². The summed E-state index contributed by atoms with van der Waals surface area (Å²) in [4.78, 5) is 0. The maximum atomic E-state index is 2.49. The van der Waals surface area contributed by atoms with E-state index < -0.39 is 0 Å². The molecule has 0 N–H and O–H groups in total. The second kappa shape index (κ2) is 12.2. The van der Waals surface area contributed by atoms with E-state index in [1.807, 2.05) is 22.7 Å². The number of thiophene rings is 2. The molecule has 4 heterocycles. The van der Waals surface area contributed by atoms with Crippen molar-refractivity contribution in [3.8, 4) is 22.5 Å². The lowest BCUT2D eigenvalue weighted by Crippen LogP contribution is -1.95. The summed E-state index contributed by atoms with van der Waals surface area (Å²) in [6, 6.07) is 71.9. The first-order valence-corrected chi connectivity index (χ1v) is 22.1. The van der Waals surface area contributed by atoms with E-state index in [-0.39, 0.29) is 0 Å². The van der Waals surface area contributed by atoms with Crippen LogP contribution in [0.4, 0.5) is 0 Å². The summed E-state index contributed by atoms with van der Waals surface area (Å²) in [7, 11) is 0. The number of fused-ring (bicyclic) bond motifs is 20. The third kappa shape index (κ3) is 4.31. The maximum absolute atomic E-state index is 2.49. The van der Waals surface area contributed by atoms with Gasteiger partial charge in [-0.15, -0.1) is 22.7 Å². The topological polar surface area (TPSA) is 9.86 Å². The van der Waals surface area contributed by atoms with E-state index in [0.29, 0.717) is 0 Å². The average Bonchev–Trinajstić information content (AvgIpc) is 4.08. The van der Waals surface area contributed by atoms with Gasteiger partial charge >= 0.3 is 0 Å². The van der Waals surface area contributed by atoms with E-state index in [2.05, 4.69) is 203 Å². The molecular formula is C56H32N2S2. The molecule has 14 aromatic rings. The Balaban J connectivity index is 0.936. The van der Waals surface area contributed by atoms with Crippen molar-refractivity contribution in [2.24, 2.45) is 0 Å². The Bertz CT molecular complexity index is 3830. The highest BCUT2D eigenvalue weighted by Crippen LogP contribution is 2.50. The van der Waals surface area contributed by atoms with Crippen LogP contribution in [0, 0.1) is 0 Å². The highest BCUT2D eigenvalue weighted by molar-refractivity contribution is 7.27. The van der Waals surface area contributed by atoms with Crippen molar-refractivity contribution in [3.63, 3.8) is 0 Å². The molecule has 2 nitrogen and oxygen atoms in total. The van der Waals surface area contributed by atoms with Crippen LogP contribution in [0.5, 0.6) is 0 Å². The van der Waals surface area contributed by atoms with Crippen molar-refractivity contribution in [2.45, 2.75) is 0 Å². The molecule has 0 aliphatic carbocycles. The summed E-state index contributed by atoms with van der Waals surface area (Å²) in [6.45, 7) is 0. The monoisotopic (exact) mass is 796 g/mol. The zero-order valence-corrected chi connectivity index (χ0v) is 33.8. The molecule has 0 aliphatic rings. The van der Waals surface area contributed by atoms with E-state index in [4.69, 9.17) is 0 Å². The maximum Gasteiger partial charge on any atom is 0.0634 e. The zero-order chi connectivity index (χ0) is 39.1. The van der Waals surface area contributed by atoms with Crippen molar-refractivity contribution in [3.05, 3.63) is 194 Å². The lowest BCUT2D eigenvalue weighted by Gasteiger charge is -2.13. The largest absolute Gasteiger partial charge is 0.309 e. The smallest absolute Gasteiger partial charge is 0.0634 e. The van der Waals surface area contributed by atoms with Gasteiger partial charge in [0, 0.05) is 84.0 Å². The van der Waals surface area contributed by atoms with E-state index in [9.17, 15) is 0 Å². The van der Waals surface area contributed by atoms with Gasteiger partial charge in [-0.25, -0.2) is 0 Å². The van der Waals surface area contributed by atoms with Gasteiger partial charge in [0.05, 0.1) is 22.1 Å². The van der Waals surface area contributed by atoms with Gasteiger partial charge in [0.15, 0.2) is 0 Å². The Hall–Kier alpha value is -7.24. The summed E-state index contributed by atoms with van der Waals surface area (Å²) >= 11 is 3.83. The summed E-state index contributed by atoms with van der Waals surface area (Å²) in [5, 5.41) is 15.8. The minimum Gasteiger partial charge on any atom is -0.309 e. The quantitative estimate of drug-likeness (QED) is 0.169. The molecule has 10 aromatic carbocycles. The van der Waals surface area contributed by atoms with Gasteiger partial charge in [-0.2, -0.15) is 0 Å². The Labute approximate surface area is 352 Å². The molecule has 0 saturated heterocycles. The molecule has 0 saturated carbocycles. The van der Waals surface area contributed by atoms with Crippen molar-refractivity contribution in [1.29, 1.82) is 0 Å². The summed E-state index contributed by atoms with van der Waals surface area (Å²) in [5.74, 6) is 0. The van der Waals surface area contributed by atoms with Crippen molar-refractivity contribution in [2.75, 3.05) is 0 Å². The molecule has 0 amide bonds. The summed E-state index contributed by atoms with van der Waals surface area (Å²) < 4.78 is 10.4. The van der Waals surface area contributed by atoms with Crippen LogP contribution in [0.1, 0.15) is 0 Å². The van der Waals surface area contributed by atoms with Crippen LogP contribution in [-0.4, -0.2) is 9.13 Å². The minimum absolute atomic E-state index is 1.16. The minimum atomic E-state index is 1.16. The lowest BCUT2D eigenvalue weighted by molar-refractivity contribution is 1.18. The second-order valence-electron chi connectivity index (χ2n) is 15.9. The van der Waals surface area contributed by atoms with Crippen LogP contribution in [-0.2, 0) is 0 Å². The highest BCUT2D eigenvalue weighted by atomic mass is 32.1. The molecule has 4 aromatic heterocycles. The molecule has 0 bridgehead atoms. The van der Waals surface area contributed by atoms with Crippen molar-refractivity contribution < 1.29 is 0 Å². The second-order valence-corrected chi connectivity index (χ2v) is 18.0. The van der Waals surface area contributed by atoms with Crippen LogP contribution >= 0.6 is 22.7 Å². The first-order valence-electron chi connectivity index (χ1n) is 20.5. The molecule has 278 valence electrons. The van der Waals surface area contributed by atoms with E-state index in [1.165, 1.54) is 117 Å². The fraction of sp³-hybridized carbons (Fsp3) is 0. The normalized spacial score (nSPS) is 12.3. The van der Waals surface area contributed by atoms with E-state index in [1.54, 1.807) is 0 Å². The Morgan fingerprint density at radius 2 is 0.600 bits per heavy atom. The number of hydrogen-bond donors (Lipinski definition) is 0. The fourth-order valence-corrected chi connectivity index (χ4v) is 12.9. The van der Waals surface area contributed by atoms with Crippen LogP contribution in [0.3, 0.4) is 0 Å². The molecule has 4 heteroatoms. The third-order valence-corrected chi connectivity index (χ3v) is 15.3. The molecule has 14 rings (SSSR count). The molecular weight excluding hydrogens is 765 g/mol. The Morgan fingerprint density at radius 3 is 1.02 bits per heavy atom. The predicted molar refractivity (Wildman–Crippen MR) is 261 cm³/mol. The molecule has 0 aliphatic heterocycles. The van der Waals surface area contributed by atoms with E-state index >= 15 is 0 Å². The molecule has 0 spiro atoms. The number of para-hydroxylation sites is 2.